The van der Waals surface area contributed by atoms with Gasteiger partial charge in [0.15, 0.2) is 0 Å². The zero-order valence-electron chi connectivity index (χ0n) is 23.5. The zero-order chi connectivity index (χ0) is 29.2. The van der Waals surface area contributed by atoms with E-state index in [0.29, 0.717) is 65.0 Å². The van der Waals surface area contributed by atoms with Crippen molar-refractivity contribution in [1.82, 2.24) is 0 Å². The van der Waals surface area contributed by atoms with Gasteiger partial charge in [0.1, 0.15) is 23.1 Å². The molecule has 0 aliphatic carbocycles. The lowest BCUT2D eigenvalue weighted by Gasteiger charge is -2.22. The molecule has 5 atom stereocenters. The van der Waals surface area contributed by atoms with E-state index in [1.54, 1.807) is 6.07 Å². The predicted molar refractivity (Wildman–Crippen MR) is 165 cm³/mol. The Morgan fingerprint density at radius 2 is 1.32 bits per heavy atom. The van der Waals surface area contributed by atoms with Gasteiger partial charge >= 0.3 is 0 Å². The topological polar surface area (TPSA) is 27.7 Å². The SMILES string of the molecule is CC(C)C1COc2c(CC(C)C3COc4c(CC(C)C5COc6ccc(Cl)cc65)cc(Cl)c(F)c43)cc(Cl)c(Cl)c21. The van der Waals surface area contributed by atoms with Gasteiger partial charge in [-0.25, -0.2) is 4.39 Å². The van der Waals surface area contributed by atoms with Crippen molar-refractivity contribution in [2.24, 2.45) is 17.8 Å². The molecule has 3 aromatic rings. The van der Waals surface area contributed by atoms with Crippen molar-refractivity contribution < 1.29 is 18.6 Å². The van der Waals surface area contributed by atoms with Crippen molar-refractivity contribution in [1.29, 1.82) is 0 Å². The first kappa shape index (κ1) is 29.2. The highest BCUT2D eigenvalue weighted by atomic mass is 35.5. The molecule has 0 bridgehead atoms. The first-order valence-corrected chi connectivity index (χ1v) is 15.8. The second-order valence-electron chi connectivity index (χ2n) is 12.2. The molecular formula is C33H33Cl4FO3. The van der Waals surface area contributed by atoms with Crippen LogP contribution < -0.4 is 14.2 Å². The van der Waals surface area contributed by atoms with Crippen molar-refractivity contribution in [3.05, 3.63) is 84.1 Å². The summed E-state index contributed by atoms with van der Waals surface area (Å²) in [6.07, 6.45) is 1.32. The summed E-state index contributed by atoms with van der Waals surface area (Å²) in [5.41, 5.74) is 4.58. The third-order valence-corrected chi connectivity index (χ3v) is 10.5. The van der Waals surface area contributed by atoms with Crippen LogP contribution in [0.15, 0.2) is 30.3 Å². The fourth-order valence-electron chi connectivity index (χ4n) is 6.82. The quantitative estimate of drug-likeness (QED) is 0.258. The highest BCUT2D eigenvalue weighted by Crippen LogP contribution is 2.51. The summed E-state index contributed by atoms with van der Waals surface area (Å²) in [4.78, 5) is 0. The van der Waals surface area contributed by atoms with Gasteiger partial charge in [-0.2, -0.15) is 0 Å². The average molecular weight is 638 g/mol. The van der Waals surface area contributed by atoms with Crippen LogP contribution in [0.25, 0.3) is 0 Å². The standard InChI is InChI=1S/C33H33Cl4FO3/c1-15(2)22-12-40-32-18(9-25(35)30(37)28(22)32)8-17(4)24-14-41-33-19(10-26(36)31(38)29(24)33)7-16(3)23-13-39-27-6-5-20(34)11-21(23)27/h5-6,9-11,15-17,22-24H,7-8,12-14H2,1-4H3. The van der Waals surface area contributed by atoms with Crippen LogP contribution in [0, 0.1) is 23.6 Å². The molecule has 3 aliphatic heterocycles. The van der Waals surface area contributed by atoms with E-state index in [0.717, 1.165) is 33.8 Å². The smallest absolute Gasteiger partial charge is 0.149 e. The zero-order valence-corrected chi connectivity index (χ0v) is 26.5. The maximum atomic E-state index is 15.7. The van der Waals surface area contributed by atoms with E-state index < -0.39 is 5.82 Å². The van der Waals surface area contributed by atoms with Crippen LogP contribution in [-0.4, -0.2) is 19.8 Å². The summed E-state index contributed by atoms with van der Waals surface area (Å²) in [6.45, 7) is 10.2. The van der Waals surface area contributed by atoms with Crippen LogP contribution in [0.2, 0.25) is 20.1 Å². The number of hydrogen-bond donors (Lipinski definition) is 0. The number of halogens is 5. The van der Waals surface area contributed by atoms with Crippen molar-refractivity contribution in [2.75, 3.05) is 19.8 Å². The van der Waals surface area contributed by atoms with Gasteiger partial charge in [-0.05, 0) is 72.1 Å². The van der Waals surface area contributed by atoms with Crippen molar-refractivity contribution >= 4 is 46.4 Å². The summed E-state index contributed by atoms with van der Waals surface area (Å²) in [5.74, 6) is 2.71. The molecule has 3 nitrogen and oxygen atoms in total. The molecule has 5 unspecified atom stereocenters. The first-order valence-electron chi connectivity index (χ1n) is 14.2. The molecule has 3 heterocycles. The minimum absolute atomic E-state index is 0.0368. The number of hydrogen-bond acceptors (Lipinski definition) is 3. The molecule has 3 aliphatic rings. The summed E-state index contributed by atoms with van der Waals surface area (Å²) < 4.78 is 34.0. The minimum atomic E-state index is -0.399. The summed E-state index contributed by atoms with van der Waals surface area (Å²) >= 11 is 26.0. The number of fused-ring (bicyclic) bond motifs is 3. The van der Waals surface area contributed by atoms with E-state index in [1.807, 2.05) is 24.3 Å². The maximum Gasteiger partial charge on any atom is 0.149 e. The molecule has 0 saturated carbocycles. The average Bonchev–Trinajstić information content (AvgIpc) is 3.66. The third-order valence-electron chi connectivity index (χ3n) is 9.17. The van der Waals surface area contributed by atoms with Crippen LogP contribution >= 0.6 is 46.4 Å². The number of benzene rings is 3. The van der Waals surface area contributed by atoms with Gasteiger partial charge in [0, 0.05) is 39.5 Å². The van der Waals surface area contributed by atoms with E-state index in [9.17, 15) is 0 Å². The Hall–Kier alpha value is -1.85. The summed E-state index contributed by atoms with van der Waals surface area (Å²) in [5, 5.41) is 1.91. The second kappa shape index (κ2) is 11.3. The lowest BCUT2D eigenvalue weighted by atomic mass is 9.81. The highest BCUT2D eigenvalue weighted by molar-refractivity contribution is 6.42. The molecule has 3 aromatic carbocycles. The van der Waals surface area contributed by atoms with Crippen LogP contribution in [-0.2, 0) is 12.8 Å². The van der Waals surface area contributed by atoms with E-state index in [4.69, 9.17) is 60.6 Å². The van der Waals surface area contributed by atoms with Crippen LogP contribution in [0.3, 0.4) is 0 Å². The van der Waals surface area contributed by atoms with Crippen LogP contribution in [0.5, 0.6) is 17.2 Å². The lowest BCUT2D eigenvalue weighted by molar-refractivity contribution is 0.283. The molecule has 0 saturated heterocycles. The van der Waals surface area contributed by atoms with Gasteiger partial charge in [-0.1, -0.05) is 74.1 Å². The lowest BCUT2D eigenvalue weighted by Crippen LogP contribution is -2.16. The summed E-state index contributed by atoms with van der Waals surface area (Å²) in [6, 6.07) is 9.36. The Morgan fingerprint density at radius 1 is 0.732 bits per heavy atom. The highest BCUT2D eigenvalue weighted by Gasteiger charge is 2.38. The van der Waals surface area contributed by atoms with Crippen molar-refractivity contribution in [3.8, 4) is 17.2 Å². The molecule has 0 amide bonds. The molecule has 8 heteroatoms. The van der Waals surface area contributed by atoms with Gasteiger partial charge in [0.25, 0.3) is 0 Å². The number of rotatable bonds is 7. The van der Waals surface area contributed by atoms with Crippen molar-refractivity contribution in [2.45, 2.75) is 58.3 Å². The Labute approximate surface area is 261 Å². The van der Waals surface area contributed by atoms with E-state index in [-0.39, 0.29) is 34.6 Å². The molecule has 0 aromatic heterocycles. The monoisotopic (exact) mass is 636 g/mol. The Morgan fingerprint density at radius 3 is 2.00 bits per heavy atom. The Kier molecular flexibility index (Phi) is 8.08. The Balaban J connectivity index is 1.27. The Bertz CT molecular complexity index is 1510. The van der Waals surface area contributed by atoms with Gasteiger partial charge < -0.3 is 14.2 Å². The van der Waals surface area contributed by atoms with E-state index in [2.05, 4.69) is 27.7 Å². The molecule has 6 rings (SSSR count). The largest absolute Gasteiger partial charge is 0.493 e. The fourth-order valence-corrected chi connectivity index (χ4v) is 7.75. The minimum Gasteiger partial charge on any atom is -0.493 e. The molecular weight excluding hydrogens is 605 g/mol. The van der Waals surface area contributed by atoms with Crippen molar-refractivity contribution in [3.63, 3.8) is 0 Å². The van der Waals surface area contributed by atoms with E-state index in [1.165, 1.54) is 0 Å². The van der Waals surface area contributed by atoms with E-state index >= 15 is 4.39 Å². The first-order chi connectivity index (χ1) is 19.5. The third kappa shape index (κ3) is 5.18. The van der Waals surface area contributed by atoms with Gasteiger partial charge in [-0.3, -0.25) is 0 Å². The summed E-state index contributed by atoms with van der Waals surface area (Å²) in [7, 11) is 0. The molecule has 0 N–H and O–H groups in total. The molecule has 0 fully saturated rings. The molecule has 0 radical (unpaired) electrons. The fraction of sp³-hybridized carbons (Fsp3) is 0.455. The molecule has 41 heavy (non-hydrogen) atoms. The van der Waals surface area contributed by atoms with Crippen LogP contribution in [0.4, 0.5) is 4.39 Å². The molecule has 218 valence electrons. The normalized spacial score (nSPS) is 22.0. The molecule has 0 spiro atoms. The second-order valence-corrected chi connectivity index (χ2v) is 13.8. The van der Waals surface area contributed by atoms with Crippen LogP contribution in [0.1, 0.15) is 73.3 Å². The van der Waals surface area contributed by atoms with Gasteiger partial charge in [0.05, 0.1) is 34.9 Å². The predicted octanol–water partition coefficient (Wildman–Crippen LogP) is 10.3. The maximum absolute atomic E-state index is 15.7. The van der Waals surface area contributed by atoms with Gasteiger partial charge in [0.2, 0.25) is 0 Å². The van der Waals surface area contributed by atoms with Gasteiger partial charge in [-0.15, -0.1) is 0 Å². The number of ether oxygens (including phenoxy) is 3.